The van der Waals surface area contributed by atoms with Gasteiger partial charge in [-0.2, -0.15) is 0 Å². The van der Waals surface area contributed by atoms with E-state index in [2.05, 4.69) is 50.3 Å². The molecule has 0 radical (unpaired) electrons. The molecule has 3 aliphatic heterocycles. The van der Waals surface area contributed by atoms with Crippen molar-refractivity contribution in [3.63, 3.8) is 0 Å². The second kappa shape index (κ2) is 25.2. The van der Waals surface area contributed by atoms with Gasteiger partial charge >= 0.3 is 55.4 Å². The van der Waals surface area contributed by atoms with Gasteiger partial charge in [0.15, 0.2) is 0 Å². The van der Waals surface area contributed by atoms with Gasteiger partial charge in [0.1, 0.15) is 22.9 Å². The fourth-order valence-electron chi connectivity index (χ4n) is 6.21. The Hall–Kier alpha value is -3.26. The predicted octanol–water partition coefficient (Wildman–Crippen LogP) is 5.85. The number of Topliss-reactive ketones (excluding diaryl/α,β-unsaturated/α-hetero) is 3. The van der Waals surface area contributed by atoms with Gasteiger partial charge in [-0.1, -0.05) is 18.2 Å². The van der Waals surface area contributed by atoms with Crippen molar-refractivity contribution < 1.29 is 53.3 Å². The Balaban J connectivity index is 0.000000263. The van der Waals surface area contributed by atoms with E-state index in [1.165, 1.54) is 6.20 Å². The molecule has 0 aliphatic carbocycles. The molecule has 3 aromatic rings. The van der Waals surface area contributed by atoms with Gasteiger partial charge in [-0.15, -0.1) is 0 Å². The van der Waals surface area contributed by atoms with E-state index in [4.69, 9.17) is 5.11 Å². The number of carboxylic acids is 1. The summed E-state index contributed by atoms with van der Waals surface area (Å²) in [4.78, 5) is 75.7. The second-order valence-electron chi connectivity index (χ2n) is 13.5. The molecule has 0 bridgehead atoms. The number of carbonyl (C=O) groups excluding carboxylic acids is 5. The molecule has 56 heavy (non-hydrogen) atoms. The van der Waals surface area contributed by atoms with Crippen LogP contribution in [0.1, 0.15) is 103 Å². The molecule has 3 aliphatic rings. The van der Waals surface area contributed by atoms with Crippen LogP contribution < -0.4 is 10.0 Å². The third-order valence-electron chi connectivity index (χ3n) is 9.42. The molecule has 13 nitrogen and oxygen atoms in total. The molecule has 1 aromatic carbocycles. The molecule has 3 saturated heterocycles. The van der Waals surface area contributed by atoms with Crippen LogP contribution in [0.5, 0.6) is 0 Å². The number of likely N-dealkylation sites (tertiary alicyclic amines) is 2. The van der Waals surface area contributed by atoms with Gasteiger partial charge in [0, 0.05) is 102 Å². The Labute approximate surface area is 358 Å². The van der Waals surface area contributed by atoms with E-state index in [0.717, 1.165) is 58.6 Å². The number of aromatic nitrogens is 2. The van der Waals surface area contributed by atoms with E-state index in [0.29, 0.717) is 89.5 Å². The Bertz CT molecular complexity index is 1810. The Kier molecular flexibility index (Phi) is 22.0. The van der Waals surface area contributed by atoms with Crippen LogP contribution >= 0.6 is 40.0 Å². The van der Waals surface area contributed by atoms with Crippen molar-refractivity contribution in [1.82, 2.24) is 20.1 Å². The molecule has 16 heteroatoms. The summed E-state index contributed by atoms with van der Waals surface area (Å²) in [6, 6.07) is 9.01. The molecular weight excluding hydrogens is 983 g/mol. The number of ketones is 3. The number of hydrogen-bond donors (Lipinski definition) is 3. The summed E-state index contributed by atoms with van der Waals surface area (Å²) in [5.41, 5.74) is 6.32. The summed E-state index contributed by atoms with van der Waals surface area (Å²) >= 11 is 4.74. The van der Waals surface area contributed by atoms with Crippen LogP contribution in [0.15, 0.2) is 42.7 Å². The number of piperidine rings is 3. The number of nitrogens with one attached hydrogen (secondary N) is 1. The van der Waals surface area contributed by atoms with Gasteiger partial charge in [-0.05, 0) is 62.9 Å². The van der Waals surface area contributed by atoms with Gasteiger partial charge < -0.3 is 20.2 Å². The number of amides is 2. The Morgan fingerprint density at radius 2 is 1.09 bits per heavy atom. The van der Waals surface area contributed by atoms with Crippen molar-refractivity contribution in [3.8, 4) is 0 Å². The second-order valence-corrected chi connectivity index (χ2v) is 25.3. The average molecular weight is 1040 g/mol. The van der Waals surface area contributed by atoms with Gasteiger partial charge in [-0.25, -0.2) is 4.79 Å². The molecule has 2 amide bonds. The summed E-state index contributed by atoms with van der Waals surface area (Å²) < 4.78 is 0.954. The number of halogens is 2. The zero-order chi connectivity index (χ0) is 41.9. The summed E-state index contributed by atoms with van der Waals surface area (Å²) in [7, 11) is 0.628. The first kappa shape index (κ1) is 48.9. The minimum atomic E-state index is -0.847. The maximum absolute atomic E-state index is 12.4. The monoisotopic (exact) mass is 1040 g/mol. The van der Waals surface area contributed by atoms with Gasteiger partial charge in [0.05, 0.1) is 16.8 Å². The quantitative estimate of drug-likeness (QED) is 0.164. The van der Waals surface area contributed by atoms with Crippen LogP contribution in [0, 0.1) is 41.5 Å². The first-order chi connectivity index (χ1) is 26.5. The standard InChI is InChI=1S/C13H17N2O3.C13H16N2O2.C9H10O2.C5H9NO.2HI.V/c1-9-3-8-15(18)10(2)12(9)13(17)14-6-4-11(16)5-7-14;1-9-3-6-14-10(2)12(9)13(17)15-7-4-11(16)5-8-15;1-6-4-3-5-7(2)8(6)9(10)11;7-5-1-3-6-4-2-5;;;/h3,8,18H,4-7H2,1-2H3;3,6H,4-5,7-8H2,1-2H3;3-5H,1-2H3,(H,10,11);6H,1-4H2;2*1H;/q+1;;;;;;+2/p-2. The van der Waals surface area contributed by atoms with Crippen LogP contribution in [0.4, 0.5) is 0 Å². The van der Waals surface area contributed by atoms with E-state index in [1.54, 1.807) is 55.0 Å². The number of nitrogens with zero attached hydrogens (tertiary/aromatic N) is 4. The van der Waals surface area contributed by atoms with Crippen LogP contribution in [0.2, 0.25) is 0 Å². The van der Waals surface area contributed by atoms with Crippen LogP contribution in [0.25, 0.3) is 0 Å². The molecule has 5 heterocycles. The van der Waals surface area contributed by atoms with Crippen molar-refractivity contribution in [3.05, 3.63) is 93.1 Å². The van der Waals surface area contributed by atoms with Crippen molar-refractivity contribution in [2.75, 3.05) is 39.3 Å². The summed E-state index contributed by atoms with van der Waals surface area (Å²) in [5.74, 6) is -0.104. The number of hydrogen-bond acceptors (Lipinski definition) is 9. The zero-order valence-corrected chi connectivity index (χ0v) is 38.6. The zero-order valence-electron chi connectivity index (χ0n) is 32.9. The maximum atomic E-state index is 12.4. The molecule has 0 unspecified atom stereocenters. The predicted molar refractivity (Wildman–Crippen MR) is 225 cm³/mol. The molecule has 6 rings (SSSR count). The third-order valence-corrected chi connectivity index (χ3v) is 9.42. The van der Waals surface area contributed by atoms with Gasteiger partial charge in [0.25, 0.3) is 11.8 Å². The normalized spacial score (nSPS) is 15.0. The molecular formula is C40H52I2N5O8V+. The van der Waals surface area contributed by atoms with E-state index in [1.807, 2.05) is 32.9 Å². The molecule has 0 atom stereocenters. The van der Waals surface area contributed by atoms with Crippen LogP contribution in [-0.4, -0.2) is 99.5 Å². The van der Waals surface area contributed by atoms with Crippen molar-refractivity contribution in [2.45, 2.75) is 80.1 Å². The molecule has 0 saturated carbocycles. The van der Waals surface area contributed by atoms with Gasteiger partial charge in [0.2, 0.25) is 11.9 Å². The topological polar surface area (TPSA) is 178 Å². The van der Waals surface area contributed by atoms with Gasteiger partial charge in [-0.3, -0.25) is 34.2 Å². The summed E-state index contributed by atoms with van der Waals surface area (Å²) in [6.45, 7) is 14.7. The summed E-state index contributed by atoms with van der Waals surface area (Å²) in [6.07, 6.45) is 6.50. The Morgan fingerprint density at radius 1 is 0.679 bits per heavy atom. The Morgan fingerprint density at radius 3 is 1.48 bits per heavy atom. The van der Waals surface area contributed by atoms with Crippen molar-refractivity contribution in [1.29, 1.82) is 0 Å². The average Bonchev–Trinajstić information content (AvgIpc) is 3.15. The molecule has 0 spiro atoms. The molecule has 3 N–H and O–H groups in total. The van der Waals surface area contributed by atoms with E-state index >= 15 is 0 Å². The van der Waals surface area contributed by atoms with Crippen LogP contribution in [0.3, 0.4) is 0 Å². The number of carbonyl (C=O) groups is 6. The van der Waals surface area contributed by atoms with Crippen molar-refractivity contribution in [2.24, 2.45) is 0 Å². The number of aryl methyl sites for hydroxylation is 5. The van der Waals surface area contributed by atoms with Crippen molar-refractivity contribution >= 4 is 75.1 Å². The fourth-order valence-corrected chi connectivity index (χ4v) is 6.21. The third kappa shape index (κ3) is 15.6. The van der Waals surface area contributed by atoms with E-state index in [-0.39, 0.29) is 23.4 Å². The first-order valence-electron chi connectivity index (χ1n) is 18.2. The molecule has 3 fully saturated rings. The molecule has 303 valence electrons. The molecule has 2 aromatic heterocycles. The number of pyridine rings is 2. The summed E-state index contributed by atoms with van der Waals surface area (Å²) in [5, 5.41) is 21.4. The van der Waals surface area contributed by atoms with Crippen LogP contribution in [-0.2, 0) is 23.8 Å². The van der Waals surface area contributed by atoms with E-state index in [9.17, 15) is 34.0 Å². The van der Waals surface area contributed by atoms with E-state index < -0.39 is 5.97 Å². The SMILES string of the molecule is Cc1cc[n+](O)c(C)c1C(=O)N1CCC(=O)CC1.Cc1cccc(C)c1C(=O)O.Cc1ccnc(C)c1C(=O)N1CCC(=O)CC1.O=C1CCNCC1.[I][V][I]. The number of benzene rings is 1. The number of rotatable bonds is 3. The fraction of sp³-hybridized carbons (Fsp3) is 0.450. The number of carboxylic acid groups (broad SMARTS) is 1. The minimum absolute atomic E-state index is 0.000556. The number of aromatic carboxylic acids is 1. The first-order valence-corrected chi connectivity index (χ1v) is 27.2.